The molecule has 0 amide bonds. The third-order valence-electron chi connectivity index (χ3n) is 2.73. The summed E-state index contributed by atoms with van der Waals surface area (Å²) in [5.74, 6) is -0.218. The van der Waals surface area contributed by atoms with Crippen molar-refractivity contribution in [2.24, 2.45) is 0 Å². The normalized spacial score (nSPS) is 11.3. The van der Waals surface area contributed by atoms with Crippen LogP contribution in [-0.4, -0.2) is 12.6 Å². The molecule has 1 aromatic carbocycles. The number of benzene rings is 1. The van der Waals surface area contributed by atoms with Gasteiger partial charge in [0.15, 0.2) is 0 Å². The minimum absolute atomic E-state index is 0.218. The Labute approximate surface area is 110 Å². The average Bonchev–Trinajstić information content (AvgIpc) is 2.37. The van der Waals surface area contributed by atoms with Crippen LogP contribution in [0, 0.1) is 0 Å². The molecule has 2 nitrogen and oxygen atoms in total. The molecule has 0 spiro atoms. The smallest absolute Gasteiger partial charge is 0.302 e. The monoisotopic (exact) mass is 246 g/mol. The predicted molar refractivity (Wildman–Crippen MR) is 75.2 cm³/mol. The number of unbranched alkanes of at least 4 members (excludes halogenated alkanes) is 2. The van der Waals surface area contributed by atoms with E-state index in [9.17, 15) is 4.79 Å². The number of ether oxygens (including phenoxy) is 1. The molecule has 1 rings (SSSR count). The highest BCUT2D eigenvalue weighted by Gasteiger charge is 2.01. The van der Waals surface area contributed by atoms with Gasteiger partial charge in [-0.05, 0) is 24.0 Å². The molecule has 2 heteroatoms. The number of carbonyl (C=O) groups is 1. The minimum atomic E-state index is -0.218. The fourth-order valence-corrected chi connectivity index (χ4v) is 1.77. The Kier molecular flexibility index (Phi) is 6.85. The molecule has 1 aromatic rings. The van der Waals surface area contributed by atoms with Gasteiger partial charge in [0.1, 0.15) is 6.61 Å². The van der Waals surface area contributed by atoms with Crippen LogP contribution in [0.3, 0.4) is 0 Å². The van der Waals surface area contributed by atoms with Gasteiger partial charge in [-0.1, -0.05) is 56.2 Å². The number of hydrogen-bond acceptors (Lipinski definition) is 2. The lowest BCUT2D eigenvalue weighted by Crippen LogP contribution is -2.03. The Bertz CT molecular complexity index is 379. The van der Waals surface area contributed by atoms with E-state index >= 15 is 0 Å². The maximum Gasteiger partial charge on any atom is 0.302 e. The summed E-state index contributed by atoms with van der Waals surface area (Å²) in [7, 11) is 0. The van der Waals surface area contributed by atoms with E-state index in [0.717, 1.165) is 18.4 Å². The molecule has 98 valence electrons. The number of esters is 1. The van der Waals surface area contributed by atoms with E-state index in [2.05, 4.69) is 25.1 Å². The van der Waals surface area contributed by atoms with Crippen molar-refractivity contribution in [2.75, 3.05) is 6.61 Å². The molecule has 0 unspecified atom stereocenters. The van der Waals surface area contributed by atoms with Gasteiger partial charge in [0.2, 0.25) is 0 Å². The molecule has 0 aliphatic carbocycles. The average molecular weight is 246 g/mol. The van der Waals surface area contributed by atoms with Crippen molar-refractivity contribution >= 4 is 12.0 Å². The highest BCUT2D eigenvalue weighted by molar-refractivity contribution is 5.66. The topological polar surface area (TPSA) is 26.3 Å². The summed E-state index contributed by atoms with van der Waals surface area (Å²) in [5.41, 5.74) is 2.35. The summed E-state index contributed by atoms with van der Waals surface area (Å²) < 4.78 is 5.10. The van der Waals surface area contributed by atoms with Crippen LogP contribution in [-0.2, 0) is 9.53 Å². The molecule has 0 radical (unpaired) electrons. The van der Waals surface area contributed by atoms with Crippen LogP contribution >= 0.6 is 0 Å². The Balaban J connectivity index is 2.63. The SMILES string of the molecule is CCCCC/C(=C/c1ccccc1)COC(C)=O. The molecule has 0 heterocycles. The van der Waals surface area contributed by atoms with Crippen molar-refractivity contribution < 1.29 is 9.53 Å². The van der Waals surface area contributed by atoms with Gasteiger partial charge >= 0.3 is 5.97 Å². The first kappa shape index (κ1) is 14.5. The van der Waals surface area contributed by atoms with E-state index in [1.807, 2.05) is 18.2 Å². The van der Waals surface area contributed by atoms with E-state index < -0.39 is 0 Å². The fraction of sp³-hybridized carbons (Fsp3) is 0.438. The van der Waals surface area contributed by atoms with Crippen LogP contribution in [0.5, 0.6) is 0 Å². The highest BCUT2D eigenvalue weighted by Crippen LogP contribution is 2.14. The Morgan fingerprint density at radius 3 is 2.56 bits per heavy atom. The number of hydrogen-bond donors (Lipinski definition) is 0. The lowest BCUT2D eigenvalue weighted by atomic mass is 10.0. The third-order valence-corrected chi connectivity index (χ3v) is 2.73. The molecule has 0 saturated carbocycles. The van der Waals surface area contributed by atoms with Gasteiger partial charge in [0, 0.05) is 6.92 Å². The zero-order valence-corrected chi connectivity index (χ0v) is 11.3. The first-order chi connectivity index (χ1) is 8.72. The molecule has 0 atom stereocenters. The van der Waals surface area contributed by atoms with E-state index in [1.54, 1.807) is 0 Å². The van der Waals surface area contributed by atoms with E-state index in [4.69, 9.17) is 4.74 Å². The zero-order valence-electron chi connectivity index (χ0n) is 11.3. The van der Waals surface area contributed by atoms with Crippen molar-refractivity contribution in [3.8, 4) is 0 Å². The second-order valence-corrected chi connectivity index (χ2v) is 4.45. The quantitative estimate of drug-likeness (QED) is 0.532. The van der Waals surface area contributed by atoms with E-state index in [-0.39, 0.29) is 5.97 Å². The van der Waals surface area contributed by atoms with Crippen LogP contribution in [0.2, 0.25) is 0 Å². The number of rotatable bonds is 7. The summed E-state index contributed by atoms with van der Waals surface area (Å²) in [6, 6.07) is 10.2. The molecular formula is C16H22O2. The first-order valence-corrected chi connectivity index (χ1v) is 6.60. The first-order valence-electron chi connectivity index (χ1n) is 6.60. The predicted octanol–water partition coefficient (Wildman–Crippen LogP) is 4.21. The van der Waals surface area contributed by atoms with Crippen molar-refractivity contribution in [3.05, 3.63) is 41.5 Å². The van der Waals surface area contributed by atoms with Crippen molar-refractivity contribution in [2.45, 2.75) is 39.5 Å². The molecule has 0 N–H and O–H groups in total. The molecule has 0 aliphatic heterocycles. The largest absolute Gasteiger partial charge is 0.461 e. The standard InChI is InChI=1S/C16H22O2/c1-3-4-6-11-16(13-18-14(2)17)12-15-9-7-5-8-10-15/h5,7-10,12H,3-4,6,11,13H2,1-2H3/b16-12-. The lowest BCUT2D eigenvalue weighted by molar-refractivity contribution is -0.140. The Hall–Kier alpha value is -1.57. The molecule has 0 bridgehead atoms. The fourth-order valence-electron chi connectivity index (χ4n) is 1.77. The van der Waals surface area contributed by atoms with Gasteiger partial charge in [0.25, 0.3) is 0 Å². The van der Waals surface area contributed by atoms with Crippen LogP contribution in [0.15, 0.2) is 35.9 Å². The molecule has 0 aliphatic rings. The van der Waals surface area contributed by atoms with Crippen LogP contribution < -0.4 is 0 Å². The molecule has 0 saturated heterocycles. The minimum Gasteiger partial charge on any atom is -0.461 e. The third kappa shape index (κ3) is 6.24. The maximum absolute atomic E-state index is 10.9. The van der Waals surface area contributed by atoms with Gasteiger partial charge in [-0.25, -0.2) is 0 Å². The molecular weight excluding hydrogens is 224 g/mol. The Morgan fingerprint density at radius 1 is 1.22 bits per heavy atom. The molecule has 18 heavy (non-hydrogen) atoms. The summed E-state index contributed by atoms with van der Waals surface area (Å²) in [4.78, 5) is 10.9. The van der Waals surface area contributed by atoms with Crippen LogP contribution in [0.4, 0.5) is 0 Å². The summed E-state index contributed by atoms with van der Waals surface area (Å²) in [6.45, 7) is 4.05. The van der Waals surface area contributed by atoms with Crippen LogP contribution in [0.1, 0.15) is 45.1 Å². The van der Waals surface area contributed by atoms with Crippen molar-refractivity contribution in [3.63, 3.8) is 0 Å². The van der Waals surface area contributed by atoms with Crippen molar-refractivity contribution in [1.29, 1.82) is 0 Å². The summed E-state index contributed by atoms with van der Waals surface area (Å²) >= 11 is 0. The van der Waals surface area contributed by atoms with E-state index in [0.29, 0.717) is 6.61 Å². The van der Waals surface area contributed by atoms with E-state index in [1.165, 1.54) is 25.3 Å². The maximum atomic E-state index is 10.9. The molecule has 0 fully saturated rings. The van der Waals surface area contributed by atoms with Crippen molar-refractivity contribution in [1.82, 2.24) is 0 Å². The Morgan fingerprint density at radius 2 is 1.94 bits per heavy atom. The highest BCUT2D eigenvalue weighted by atomic mass is 16.5. The van der Waals surface area contributed by atoms with Gasteiger partial charge in [0.05, 0.1) is 0 Å². The van der Waals surface area contributed by atoms with Crippen LogP contribution in [0.25, 0.3) is 6.08 Å². The van der Waals surface area contributed by atoms with Gasteiger partial charge < -0.3 is 4.74 Å². The number of carbonyl (C=O) groups excluding carboxylic acids is 1. The van der Waals surface area contributed by atoms with Gasteiger partial charge in [-0.3, -0.25) is 4.79 Å². The second kappa shape index (κ2) is 8.51. The second-order valence-electron chi connectivity index (χ2n) is 4.45. The molecule has 0 aromatic heterocycles. The summed E-state index contributed by atoms with van der Waals surface area (Å²) in [5, 5.41) is 0. The lowest BCUT2D eigenvalue weighted by Gasteiger charge is -2.08. The van der Waals surface area contributed by atoms with Gasteiger partial charge in [-0.2, -0.15) is 0 Å². The zero-order chi connectivity index (χ0) is 13.2. The summed E-state index contributed by atoms with van der Waals surface area (Å²) in [6.07, 6.45) is 6.68. The van der Waals surface area contributed by atoms with Gasteiger partial charge in [-0.15, -0.1) is 0 Å².